The third-order valence-corrected chi connectivity index (χ3v) is 4.44. The van der Waals surface area contributed by atoms with Crippen molar-refractivity contribution in [2.24, 2.45) is 0 Å². The topological polar surface area (TPSA) is 116 Å². The zero-order chi connectivity index (χ0) is 19.4. The van der Waals surface area contributed by atoms with E-state index < -0.39 is 17.1 Å². The zero-order valence-electron chi connectivity index (χ0n) is 14.0. The average Bonchev–Trinajstić information content (AvgIpc) is 2.69. The van der Waals surface area contributed by atoms with Gasteiger partial charge in [0.1, 0.15) is 11.5 Å². The van der Waals surface area contributed by atoms with Gasteiger partial charge in [0.15, 0.2) is 0 Å². The summed E-state index contributed by atoms with van der Waals surface area (Å²) < 4.78 is 35.4. The van der Waals surface area contributed by atoms with Gasteiger partial charge in [-0.3, -0.25) is 23.8 Å². The summed E-state index contributed by atoms with van der Waals surface area (Å²) in [6.45, 7) is 1.25. The van der Waals surface area contributed by atoms with Gasteiger partial charge < -0.3 is 9.80 Å². The number of aromatic nitrogens is 2. The fourth-order valence-corrected chi connectivity index (χ4v) is 3.05. The number of hydrogen-bond acceptors (Lipinski definition) is 5. The van der Waals surface area contributed by atoms with E-state index in [0.29, 0.717) is 26.2 Å². The van der Waals surface area contributed by atoms with Crippen LogP contribution in [0.3, 0.4) is 0 Å². The zero-order valence-corrected chi connectivity index (χ0v) is 14.9. The van der Waals surface area contributed by atoms with Crippen molar-refractivity contribution < 1.29 is 22.7 Å². The van der Waals surface area contributed by atoms with E-state index in [2.05, 4.69) is 9.97 Å². The molecule has 11 heteroatoms. The van der Waals surface area contributed by atoms with Gasteiger partial charge in [0.2, 0.25) is 0 Å². The van der Waals surface area contributed by atoms with Crippen LogP contribution in [0.5, 0.6) is 0 Å². The maximum absolute atomic E-state index is 13.9. The van der Waals surface area contributed by atoms with Crippen LogP contribution < -0.4 is 4.72 Å². The second kappa shape index (κ2) is 8.18. The third-order valence-electron chi connectivity index (χ3n) is 4.05. The van der Waals surface area contributed by atoms with Crippen LogP contribution in [-0.4, -0.2) is 66.5 Å². The summed E-state index contributed by atoms with van der Waals surface area (Å²) >= 11 is -2.41. The number of carbonyl (C=O) groups excluding carboxylic acids is 2. The van der Waals surface area contributed by atoms with Crippen LogP contribution in [0.4, 0.5) is 10.1 Å². The van der Waals surface area contributed by atoms with E-state index in [1.54, 1.807) is 4.90 Å². The first-order chi connectivity index (χ1) is 13.0. The predicted octanol–water partition coefficient (Wildman–Crippen LogP) is 0.762. The number of benzene rings is 1. The van der Waals surface area contributed by atoms with Crippen molar-refractivity contribution in [1.82, 2.24) is 19.8 Å². The van der Waals surface area contributed by atoms with Crippen molar-refractivity contribution in [2.75, 3.05) is 30.9 Å². The number of rotatable bonds is 4. The minimum absolute atomic E-state index is 0.121. The maximum Gasteiger partial charge on any atom is 0.274 e. The molecule has 1 saturated heterocycles. The summed E-state index contributed by atoms with van der Waals surface area (Å²) in [6, 6.07) is 3.61. The number of hydrogen-bond donors (Lipinski definition) is 2. The second-order valence-corrected chi connectivity index (χ2v) is 6.42. The highest BCUT2D eigenvalue weighted by Crippen LogP contribution is 2.18. The molecule has 1 aromatic carbocycles. The number of anilines is 1. The normalized spacial score (nSPS) is 15.3. The van der Waals surface area contributed by atoms with E-state index in [1.807, 2.05) is 4.72 Å². The minimum Gasteiger partial charge on any atom is -0.335 e. The molecule has 9 nitrogen and oxygen atoms in total. The van der Waals surface area contributed by atoms with Gasteiger partial charge in [-0.05, 0) is 18.2 Å². The van der Waals surface area contributed by atoms with Gasteiger partial charge in [-0.25, -0.2) is 13.6 Å². The minimum atomic E-state index is -2.41. The molecule has 27 heavy (non-hydrogen) atoms. The van der Waals surface area contributed by atoms with Crippen LogP contribution in [0.2, 0.25) is 0 Å². The SMILES string of the molecule is O=C(c1ccc(N[S@@](=O)O)c(F)c1)N1CCN(C(=O)c2cnccn2)CC1. The molecule has 1 aliphatic rings. The molecule has 142 valence electrons. The summed E-state index contributed by atoms with van der Waals surface area (Å²) in [7, 11) is 0. The van der Waals surface area contributed by atoms with E-state index in [1.165, 1.54) is 35.6 Å². The van der Waals surface area contributed by atoms with Crippen molar-refractivity contribution in [1.29, 1.82) is 0 Å². The van der Waals surface area contributed by atoms with E-state index in [4.69, 9.17) is 4.55 Å². The van der Waals surface area contributed by atoms with Crippen molar-refractivity contribution in [2.45, 2.75) is 0 Å². The molecular formula is C16H16FN5O4S. The molecule has 0 saturated carbocycles. The van der Waals surface area contributed by atoms with Crippen molar-refractivity contribution in [3.8, 4) is 0 Å². The molecule has 0 spiro atoms. The van der Waals surface area contributed by atoms with Gasteiger partial charge in [-0.2, -0.15) is 0 Å². The Balaban J connectivity index is 1.62. The molecule has 2 N–H and O–H groups in total. The summed E-state index contributed by atoms with van der Waals surface area (Å²) in [5, 5.41) is 0. The fourth-order valence-electron chi connectivity index (χ4n) is 2.69. The molecule has 3 rings (SSSR count). The number of piperazine rings is 1. The lowest BCUT2D eigenvalue weighted by molar-refractivity contribution is 0.0532. The lowest BCUT2D eigenvalue weighted by Gasteiger charge is -2.34. The summed E-state index contributed by atoms with van der Waals surface area (Å²) in [5.41, 5.74) is 0.186. The standard InChI is InChI=1S/C16H16FN5O4S/c17-12-9-11(1-2-13(12)20-27(25)26)15(23)21-5-7-22(8-6-21)16(24)14-10-18-3-4-19-14/h1-4,9-10,20H,5-8H2,(H,25,26). The van der Waals surface area contributed by atoms with Crippen LogP contribution in [0.1, 0.15) is 20.8 Å². The van der Waals surface area contributed by atoms with Gasteiger partial charge >= 0.3 is 0 Å². The van der Waals surface area contributed by atoms with Crippen LogP contribution in [0.15, 0.2) is 36.8 Å². The fraction of sp³-hybridized carbons (Fsp3) is 0.250. The molecule has 1 aromatic heterocycles. The number of carbonyl (C=O) groups is 2. The molecular weight excluding hydrogens is 377 g/mol. The molecule has 2 aromatic rings. The van der Waals surface area contributed by atoms with Crippen molar-refractivity contribution in [3.63, 3.8) is 0 Å². The lowest BCUT2D eigenvalue weighted by Crippen LogP contribution is -2.50. The molecule has 0 aliphatic carbocycles. The van der Waals surface area contributed by atoms with Gasteiger partial charge in [0.05, 0.1) is 11.9 Å². The van der Waals surface area contributed by atoms with E-state index in [9.17, 15) is 18.2 Å². The molecule has 0 radical (unpaired) electrons. The van der Waals surface area contributed by atoms with Crippen LogP contribution in [0, 0.1) is 5.82 Å². The first kappa shape index (κ1) is 18.9. The molecule has 0 unspecified atom stereocenters. The highest BCUT2D eigenvalue weighted by Gasteiger charge is 2.26. The summed E-state index contributed by atoms with van der Waals surface area (Å²) in [5.74, 6) is -1.44. The van der Waals surface area contributed by atoms with Crippen LogP contribution in [-0.2, 0) is 11.3 Å². The van der Waals surface area contributed by atoms with Crippen LogP contribution >= 0.6 is 0 Å². The van der Waals surface area contributed by atoms with Crippen LogP contribution in [0.25, 0.3) is 0 Å². The second-order valence-electron chi connectivity index (χ2n) is 5.72. The Morgan fingerprint density at radius 1 is 1.11 bits per heavy atom. The number of halogens is 1. The highest BCUT2D eigenvalue weighted by molar-refractivity contribution is 7.80. The summed E-state index contributed by atoms with van der Waals surface area (Å²) in [4.78, 5) is 35.8. The lowest BCUT2D eigenvalue weighted by atomic mass is 10.1. The molecule has 0 bridgehead atoms. The molecule has 1 fully saturated rings. The molecule has 2 heterocycles. The van der Waals surface area contributed by atoms with Gasteiger partial charge in [0, 0.05) is 44.1 Å². The Kier molecular flexibility index (Phi) is 5.72. The summed E-state index contributed by atoms with van der Waals surface area (Å²) in [6.07, 6.45) is 4.30. The smallest absolute Gasteiger partial charge is 0.274 e. The Hall–Kier alpha value is -2.92. The quantitative estimate of drug-likeness (QED) is 0.741. The van der Waals surface area contributed by atoms with E-state index in [0.717, 1.165) is 6.07 Å². The maximum atomic E-state index is 13.9. The third kappa shape index (κ3) is 4.44. The molecule has 1 atom stereocenters. The molecule has 2 amide bonds. The number of nitrogens with zero attached hydrogens (tertiary/aromatic N) is 4. The van der Waals surface area contributed by atoms with Gasteiger partial charge in [0.25, 0.3) is 23.1 Å². The Bertz CT molecular complexity index is 874. The molecule has 1 aliphatic heterocycles. The van der Waals surface area contributed by atoms with Crippen molar-refractivity contribution in [3.05, 3.63) is 53.9 Å². The first-order valence-corrected chi connectivity index (χ1v) is 9.08. The Morgan fingerprint density at radius 2 is 1.78 bits per heavy atom. The monoisotopic (exact) mass is 393 g/mol. The Labute approximate surface area is 156 Å². The van der Waals surface area contributed by atoms with E-state index in [-0.39, 0.29) is 28.8 Å². The largest absolute Gasteiger partial charge is 0.335 e. The Morgan fingerprint density at radius 3 is 2.33 bits per heavy atom. The first-order valence-electron chi connectivity index (χ1n) is 7.97. The number of amides is 2. The predicted molar refractivity (Wildman–Crippen MR) is 94.6 cm³/mol. The number of nitrogens with one attached hydrogen (secondary N) is 1. The average molecular weight is 393 g/mol. The van der Waals surface area contributed by atoms with Gasteiger partial charge in [-0.1, -0.05) is 0 Å². The van der Waals surface area contributed by atoms with Crippen molar-refractivity contribution >= 4 is 28.8 Å². The highest BCUT2D eigenvalue weighted by atomic mass is 32.2. The van der Waals surface area contributed by atoms with E-state index >= 15 is 0 Å². The van der Waals surface area contributed by atoms with Gasteiger partial charge in [-0.15, -0.1) is 0 Å².